The summed E-state index contributed by atoms with van der Waals surface area (Å²) in [5.74, 6) is 0.929. The summed E-state index contributed by atoms with van der Waals surface area (Å²) in [6.45, 7) is 0.842. The Hall–Kier alpha value is -2.74. The minimum atomic E-state index is -0.409. The Kier molecular flexibility index (Phi) is 3.53. The SMILES string of the molecule is O=[N+]([O-])c1ccc(-n2nc(-c3cncc(Br)c3)c3c2NCC3)cc1. The number of anilines is 1. The van der Waals surface area contributed by atoms with E-state index in [2.05, 4.69) is 26.2 Å². The second-order valence-electron chi connectivity index (χ2n) is 5.43. The van der Waals surface area contributed by atoms with Gasteiger partial charge in [-0.05, 0) is 40.5 Å². The molecule has 4 rings (SSSR count). The van der Waals surface area contributed by atoms with Crippen molar-refractivity contribution in [2.45, 2.75) is 6.42 Å². The number of halogens is 1. The van der Waals surface area contributed by atoms with Gasteiger partial charge in [0.25, 0.3) is 5.69 Å². The van der Waals surface area contributed by atoms with E-state index >= 15 is 0 Å². The van der Waals surface area contributed by atoms with Crippen LogP contribution in [0.2, 0.25) is 0 Å². The topological polar surface area (TPSA) is 85.9 Å². The molecular formula is C16H12BrN5O2. The van der Waals surface area contributed by atoms with Crippen molar-refractivity contribution in [2.75, 3.05) is 11.9 Å². The van der Waals surface area contributed by atoms with Crippen LogP contribution in [0.5, 0.6) is 0 Å². The summed E-state index contributed by atoms with van der Waals surface area (Å²) >= 11 is 3.44. The third-order valence-electron chi connectivity index (χ3n) is 3.93. The standard InChI is InChI=1S/C16H12BrN5O2/c17-11-7-10(8-18-9-11)15-14-5-6-19-16(14)21(20-15)12-1-3-13(4-2-12)22(23)24/h1-4,7-9,19H,5-6H2. The summed E-state index contributed by atoms with van der Waals surface area (Å²) in [4.78, 5) is 14.6. The number of aromatic nitrogens is 3. The molecule has 1 aliphatic rings. The fourth-order valence-electron chi connectivity index (χ4n) is 2.85. The second-order valence-corrected chi connectivity index (χ2v) is 6.35. The number of benzene rings is 1. The Labute approximate surface area is 145 Å². The molecule has 3 heterocycles. The number of hydrogen-bond acceptors (Lipinski definition) is 5. The second kappa shape index (κ2) is 5.72. The lowest BCUT2D eigenvalue weighted by Gasteiger charge is -2.06. The van der Waals surface area contributed by atoms with Crippen LogP contribution in [0.3, 0.4) is 0 Å². The quantitative estimate of drug-likeness (QED) is 0.550. The fraction of sp³-hybridized carbons (Fsp3) is 0.125. The van der Waals surface area contributed by atoms with Gasteiger partial charge >= 0.3 is 0 Å². The number of nitrogens with one attached hydrogen (secondary N) is 1. The lowest BCUT2D eigenvalue weighted by molar-refractivity contribution is -0.384. The van der Waals surface area contributed by atoms with Crippen molar-refractivity contribution >= 4 is 27.4 Å². The molecule has 0 saturated carbocycles. The summed E-state index contributed by atoms with van der Waals surface area (Å²) in [5.41, 5.74) is 3.78. The third-order valence-corrected chi connectivity index (χ3v) is 4.37. The van der Waals surface area contributed by atoms with E-state index in [1.807, 2.05) is 6.07 Å². The molecule has 2 aromatic heterocycles. The molecular weight excluding hydrogens is 374 g/mol. The zero-order chi connectivity index (χ0) is 16.7. The highest BCUT2D eigenvalue weighted by Crippen LogP contribution is 2.35. The van der Waals surface area contributed by atoms with Crippen molar-refractivity contribution in [3.05, 3.63) is 62.9 Å². The van der Waals surface area contributed by atoms with E-state index in [1.165, 1.54) is 12.1 Å². The number of nitro groups is 1. The molecule has 0 atom stereocenters. The first kappa shape index (κ1) is 14.8. The first-order valence-corrected chi connectivity index (χ1v) is 8.14. The fourth-order valence-corrected chi connectivity index (χ4v) is 3.22. The maximum Gasteiger partial charge on any atom is 0.269 e. The average Bonchev–Trinajstić information content (AvgIpc) is 3.17. The summed E-state index contributed by atoms with van der Waals surface area (Å²) in [5, 5.41) is 18.9. The molecule has 0 unspecified atom stereocenters. The number of nitrogens with zero attached hydrogens (tertiary/aromatic N) is 4. The predicted molar refractivity (Wildman–Crippen MR) is 93.3 cm³/mol. The summed E-state index contributed by atoms with van der Waals surface area (Å²) in [6.07, 6.45) is 4.39. The van der Waals surface area contributed by atoms with Crippen LogP contribution in [0.15, 0.2) is 47.2 Å². The van der Waals surface area contributed by atoms with Crippen LogP contribution >= 0.6 is 15.9 Å². The number of pyridine rings is 1. The highest BCUT2D eigenvalue weighted by molar-refractivity contribution is 9.10. The van der Waals surface area contributed by atoms with Crippen LogP contribution in [0.1, 0.15) is 5.56 Å². The molecule has 0 aliphatic carbocycles. The molecule has 24 heavy (non-hydrogen) atoms. The van der Waals surface area contributed by atoms with Crippen molar-refractivity contribution in [3.63, 3.8) is 0 Å². The van der Waals surface area contributed by atoms with Crippen molar-refractivity contribution in [2.24, 2.45) is 0 Å². The molecule has 0 saturated heterocycles. The largest absolute Gasteiger partial charge is 0.369 e. The highest BCUT2D eigenvalue weighted by Gasteiger charge is 2.24. The Morgan fingerprint density at radius 1 is 1.25 bits per heavy atom. The number of hydrogen-bond donors (Lipinski definition) is 1. The van der Waals surface area contributed by atoms with Gasteiger partial charge in [-0.2, -0.15) is 5.10 Å². The maximum atomic E-state index is 10.8. The average molecular weight is 386 g/mol. The van der Waals surface area contributed by atoms with Crippen LogP contribution in [0.4, 0.5) is 11.5 Å². The van der Waals surface area contributed by atoms with E-state index in [9.17, 15) is 10.1 Å². The minimum Gasteiger partial charge on any atom is -0.369 e. The van der Waals surface area contributed by atoms with Gasteiger partial charge in [0.2, 0.25) is 0 Å². The molecule has 0 fully saturated rings. The van der Waals surface area contributed by atoms with Crippen LogP contribution in [0, 0.1) is 10.1 Å². The van der Waals surface area contributed by atoms with Crippen LogP contribution in [-0.2, 0) is 6.42 Å². The van der Waals surface area contributed by atoms with Crippen molar-refractivity contribution in [1.29, 1.82) is 0 Å². The van der Waals surface area contributed by atoms with Crippen LogP contribution < -0.4 is 5.32 Å². The lowest BCUT2D eigenvalue weighted by atomic mass is 10.1. The normalized spacial score (nSPS) is 12.7. The molecule has 1 aromatic carbocycles. The molecule has 1 aliphatic heterocycles. The first-order valence-electron chi connectivity index (χ1n) is 7.35. The van der Waals surface area contributed by atoms with Gasteiger partial charge in [0.05, 0.1) is 16.3 Å². The molecule has 0 spiro atoms. The van der Waals surface area contributed by atoms with Crippen LogP contribution in [0.25, 0.3) is 16.9 Å². The van der Waals surface area contributed by atoms with Crippen molar-refractivity contribution < 1.29 is 4.92 Å². The van der Waals surface area contributed by atoms with Gasteiger partial charge in [-0.15, -0.1) is 0 Å². The highest BCUT2D eigenvalue weighted by atomic mass is 79.9. The minimum absolute atomic E-state index is 0.0620. The molecule has 1 N–H and O–H groups in total. The Balaban J connectivity index is 1.83. The van der Waals surface area contributed by atoms with Gasteiger partial charge in [0.1, 0.15) is 5.82 Å². The van der Waals surface area contributed by atoms with E-state index in [1.54, 1.807) is 29.2 Å². The van der Waals surface area contributed by atoms with E-state index < -0.39 is 4.92 Å². The van der Waals surface area contributed by atoms with Gasteiger partial charge in [-0.3, -0.25) is 15.1 Å². The van der Waals surface area contributed by atoms with Crippen molar-refractivity contribution in [3.8, 4) is 16.9 Å². The van der Waals surface area contributed by atoms with Gasteiger partial charge in [0.15, 0.2) is 0 Å². The predicted octanol–water partition coefficient (Wildman–Crippen LogP) is 3.57. The van der Waals surface area contributed by atoms with Gasteiger partial charge in [0, 0.05) is 46.7 Å². The summed E-state index contributed by atoms with van der Waals surface area (Å²) < 4.78 is 2.69. The molecule has 8 heteroatoms. The van der Waals surface area contributed by atoms with E-state index in [4.69, 9.17) is 5.10 Å². The number of non-ortho nitro benzene ring substituents is 1. The first-order chi connectivity index (χ1) is 11.6. The maximum absolute atomic E-state index is 10.8. The third kappa shape index (κ3) is 2.44. The Morgan fingerprint density at radius 2 is 2.04 bits per heavy atom. The van der Waals surface area contributed by atoms with Gasteiger partial charge < -0.3 is 5.32 Å². The molecule has 0 radical (unpaired) electrons. The summed E-state index contributed by atoms with van der Waals surface area (Å²) in [7, 11) is 0. The van der Waals surface area contributed by atoms with Gasteiger partial charge in [-0.1, -0.05) is 0 Å². The van der Waals surface area contributed by atoms with Crippen LogP contribution in [-0.4, -0.2) is 26.2 Å². The Morgan fingerprint density at radius 3 is 2.75 bits per heavy atom. The molecule has 7 nitrogen and oxygen atoms in total. The number of rotatable bonds is 3. The smallest absolute Gasteiger partial charge is 0.269 e. The van der Waals surface area contributed by atoms with E-state index in [0.717, 1.165) is 45.8 Å². The number of nitro benzene ring substituents is 1. The lowest BCUT2D eigenvalue weighted by Crippen LogP contribution is -2.04. The molecule has 3 aromatic rings. The summed E-state index contributed by atoms with van der Waals surface area (Å²) in [6, 6.07) is 8.36. The molecule has 0 amide bonds. The number of fused-ring (bicyclic) bond motifs is 1. The zero-order valence-electron chi connectivity index (χ0n) is 12.4. The zero-order valence-corrected chi connectivity index (χ0v) is 14.0. The van der Waals surface area contributed by atoms with E-state index in [-0.39, 0.29) is 5.69 Å². The van der Waals surface area contributed by atoms with Gasteiger partial charge in [-0.25, -0.2) is 4.68 Å². The molecule has 120 valence electrons. The Bertz CT molecular complexity index is 936. The van der Waals surface area contributed by atoms with E-state index in [0.29, 0.717) is 0 Å². The van der Waals surface area contributed by atoms with Crippen molar-refractivity contribution in [1.82, 2.24) is 14.8 Å². The monoisotopic (exact) mass is 385 g/mol. The molecule has 0 bridgehead atoms.